The number of ether oxygens (including phenoxy) is 2. The highest BCUT2D eigenvalue weighted by Crippen LogP contribution is 2.37. The minimum atomic E-state index is -0.0763. The maximum atomic E-state index is 12.0. The number of carbonyl (C=O) groups excluding carboxylic acids is 1. The Morgan fingerprint density at radius 1 is 1.21 bits per heavy atom. The molecular formula is C14H20N2O3. The summed E-state index contributed by atoms with van der Waals surface area (Å²) in [5, 5.41) is 2.84. The van der Waals surface area contributed by atoms with Gasteiger partial charge in [0.1, 0.15) is 13.2 Å². The number of anilines is 2. The summed E-state index contributed by atoms with van der Waals surface area (Å²) >= 11 is 0. The minimum Gasteiger partial charge on any atom is -0.486 e. The van der Waals surface area contributed by atoms with E-state index in [9.17, 15) is 4.79 Å². The molecule has 1 atom stereocenters. The van der Waals surface area contributed by atoms with Crippen molar-refractivity contribution in [2.75, 3.05) is 24.3 Å². The summed E-state index contributed by atoms with van der Waals surface area (Å²) in [6, 6.07) is 3.40. The van der Waals surface area contributed by atoms with Gasteiger partial charge in [0, 0.05) is 18.1 Å². The highest BCUT2D eigenvalue weighted by Gasteiger charge is 2.20. The van der Waals surface area contributed by atoms with Crippen LogP contribution in [-0.4, -0.2) is 19.1 Å². The number of nitrogen functional groups attached to an aromatic ring is 1. The number of amides is 1. The van der Waals surface area contributed by atoms with E-state index in [0.717, 1.165) is 0 Å². The van der Waals surface area contributed by atoms with Crippen molar-refractivity contribution in [3.63, 3.8) is 0 Å². The molecule has 0 saturated heterocycles. The molecule has 1 amide bonds. The molecule has 0 saturated carbocycles. The van der Waals surface area contributed by atoms with Gasteiger partial charge in [-0.25, -0.2) is 0 Å². The van der Waals surface area contributed by atoms with Gasteiger partial charge in [0.05, 0.1) is 11.4 Å². The maximum Gasteiger partial charge on any atom is 0.227 e. The Hall–Kier alpha value is -1.91. The van der Waals surface area contributed by atoms with Gasteiger partial charge in [-0.15, -0.1) is 0 Å². The summed E-state index contributed by atoms with van der Waals surface area (Å²) in [6.45, 7) is 6.94. The van der Waals surface area contributed by atoms with E-state index in [2.05, 4.69) is 5.32 Å². The lowest BCUT2D eigenvalue weighted by atomic mass is 9.97. The average Bonchev–Trinajstić information content (AvgIpc) is 2.38. The molecule has 0 aromatic heterocycles. The molecule has 104 valence electrons. The molecule has 1 unspecified atom stereocenters. The molecule has 5 heteroatoms. The van der Waals surface area contributed by atoms with Crippen molar-refractivity contribution in [2.24, 2.45) is 11.8 Å². The number of carbonyl (C=O) groups is 1. The van der Waals surface area contributed by atoms with Crippen molar-refractivity contribution in [2.45, 2.75) is 20.8 Å². The Labute approximate surface area is 113 Å². The van der Waals surface area contributed by atoms with Crippen LogP contribution in [0.25, 0.3) is 0 Å². The third-order valence-corrected chi connectivity index (χ3v) is 3.39. The van der Waals surface area contributed by atoms with E-state index in [1.54, 1.807) is 12.1 Å². The zero-order valence-electron chi connectivity index (χ0n) is 11.5. The fourth-order valence-corrected chi connectivity index (χ4v) is 1.76. The first-order valence-corrected chi connectivity index (χ1v) is 6.49. The van der Waals surface area contributed by atoms with Gasteiger partial charge in [-0.05, 0) is 5.92 Å². The van der Waals surface area contributed by atoms with E-state index < -0.39 is 0 Å². The fraction of sp³-hybridized carbons (Fsp3) is 0.500. The molecule has 0 radical (unpaired) electrons. The largest absolute Gasteiger partial charge is 0.486 e. The summed E-state index contributed by atoms with van der Waals surface area (Å²) in [5.41, 5.74) is 6.97. The van der Waals surface area contributed by atoms with Crippen molar-refractivity contribution in [3.05, 3.63) is 12.1 Å². The second-order valence-corrected chi connectivity index (χ2v) is 5.11. The third-order valence-electron chi connectivity index (χ3n) is 3.39. The van der Waals surface area contributed by atoms with Gasteiger partial charge < -0.3 is 20.5 Å². The number of nitrogens with two attached hydrogens (primary N) is 1. The summed E-state index contributed by atoms with van der Waals surface area (Å²) in [5.74, 6) is 1.40. The van der Waals surface area contributed by atoms with E-state index in [1.165, 1.54) is 0 Å². The number of rotatable bonds is 3. The van der Waals surface area contributed by atoms with Crippen molar-refractivity contribution < 1.29 is 14.3 Å². The SMILES string of the molecule is CC(C)C(C)C(=O)Nc1cc2c(cc1N)OCCO2. The van der Waals surface area contributed by atoms with E-state index in [4.69, 9.17) is 15.2 Å². The molecule has 1 aromatic rings. The Morgan fingerprint density at radius 3 is 2.37 bits per heavy atom. The molecule has 0 spiro atoms. The molecule has 5 nitrogen and oxygen atoms in total. The lowest BCUT2D eigenvalue weighted by Crippen LogP contribution is -2.25. The zero-order valence-corrected chi connectivity index (χ0v) is 11.5. The van der Waals surface area contributed by atoms with Crippen LogP contribution in [0.3, 0.4) is 0 Å². The summed E-state index contributed by atoms with van der Waals surface area (Å²) < 4.78 is 10.9. The Bertz CT molecular complexity index is 486. The molecule has 0 aliphatic carbocycles. The Kier molecular flexibility index (Phi) is 3.83. The second kappa shape index (κ2) is 5.38. The van der Waals surface area contributed by atoms with Gasteiger partial charge in [0.2, 0.25) is 5.91 Å². The van der Waals surface area contributed by atoms with Crippen molar-refractivity contribution >= 4 is 17.3 Å². The van der Waals surface area contributed by atoms with Gasteiger partial charge in [-0.2, -0.15) is 0 Å². The van der Waals surface area contributed by atoms with Gasteiger partial charge in [0.15, 0.2) is 11.5 Å². The third kappa shape index (κ3) is 2.92. The summed E-state index contributed by atoms with van der Waals surface area (Å²) in [6.07, 6.45) is 0. The smallest absolute Gasteiger partial charge is 0.227 e. The first kappa shape index (κ1) is 13.5. The van der Waals surface area contributed by atoms with Crippen LogP contribution in [0.4, 0.5) is 11.4 Å². The van der Waals surface area contributed by atoms with Crippen molar-refractivity contribution in [3.8, 4) is 11.5 Å². The van der Waals surface area contributed by atoms with E-state index >= 15 is 0 Å². The lowest BCUT2D eigenvalue weighted by molar-refractivity contribution is -0.120. The van der Waals surface area contributed by atoms with Crippen LogP contribution in [-0.2, 0) is 4.79 Å². The van der Waals surface area contributed by atoms with Gasteiger partial charge in [-0.3, -0.25) is 4.79 Å². The predicted molar refractivity (Wildman–Crippen MR) is 74.5 cm³/mol. The summed E-state index contributed by atoms with van der Waals surface area (Å²) in [7, 11) is 0. The first-order chi connectivity index (χ1) is 8.99. The standard InChI is InChI=1S/C14H20N2O3/c1-8(2)9(3)14(17)16-11-7-13-12(6-10(11)15)18-4-5-19-13/h6-9H,4-5,15H2,1-3H3,(H,16,17). The fourth-order valence-electron chi connectivity index (χ4n) is 1.76. The van der Waals surface area contributed by atoms with Crippen LogP contribution in [0.5, 0.6) is 11.5 Å². The molecule has 1 aliphatic rings. The van der Waals surface area contributed by atoms with E-state index in [0.29, 0.717) is 36.1 Å². The molecule has 3 N–H and O–H groups in total. The zero-order chi connectivity index (χ0) is 14.0. The molecule has 19 heavy (non-hydrogen) atoms. The maximum absolute atomic E-state index is 12.0. The van der Waals surface area contributed by atoms with Crippen LogP contribution in [0, 0.1) is 11.8 Å². The van der Waals surface area contributed by atoms with Crippen molar-refractivity contribution in [1.29, 1.82) is 0 Å². The van der Waals surface area contributed by atoms with Crippen LogP contribution in [0.1, 0.15) is 20.8 Å². The van der Waals surface area contributed by atoms with Crippen molar-refractivity contribution in [1.82, 2.24) is 0 Å². The van der Waals surface area contributed by atoms with E-state index in [1.807, 2.05) is 20.8 Å². The second-order valence-electron chi connectivity index (χ2n) is 5.11. The minimum absolute atomic E-state index is 0.0432. The number of nitrogens with one attached hydrogen (secondary N) is 1. The van der Waals surface area contributed by atoms with E-state index in [-0.39, 0.29) is 17.7 Å². The molecule has 1 aromatic carbocycles. The first-order valence-electron chi connectivity index (χ1n) is 6.49. The topological polar surface area (TPSA) is 73.6 Å². The molecular weight excluding hydrogens is 244 g/mol. The molecule has 1 heterocycles. The quantitative estimate of drug-likeness (QED) is 0.821. The Morgan fingerprint density at radius 2 is 1.79 bits per heavy atom. The number of hydrogen-bond acceptors (Lipinski definition) is 4. The van der Waals surface area contributed by atoms with Crippen LogP contribution in [0.15, 0.2) is 12.1 Å². The monoisotopic (exact) mass is 264 g/mol. The van der Waals surface area contributed by atoms with Crippen LogP contribution < -0.4 is 20.5 Å². The highest BCUT2D eigenvalue weighted by atomic mass is 16.6. The highest BCUT2D eigenvalue weighted by molar-refractivity contribution is 5.96. The van der Waals surface area contributed by atoms with Crippen LogP contribution >= 0.6 is 0 Å². The van der Waals surface area contributed by atoms with Crippen LogP contribution in [0.2, 0.25) is 0 Å². The number of benzene rings is 1. The van der Waals surface area contributed by atoms with Gasteiger partial charge >= 0.3 is 0 Å². The molecule has 0 bridgehead atoms. The normalized spacial score (nSPS) is 15.2. The molecule has 1 aliphatic heterocycles. The molecule has 2 rings (SSSR count). The average molecular weight is 264 g/mol. The number of fused-ring (bicyclic) bond motifs is 1. The number of hydrogen-bond donors (Lipinski definition) is 2. The Balaban J connectivity index is 2.19. The van der Waals surface area contributed by atoms with Gasteiger partial charge in [0.25, 0.3) is 0 Å². The lowest BCUT2D eigenvalue weighted by Gasteiger charge is -2.21. The van der Waals surface area contributed by atoms with Gasteiger partial charge in [-0.1, -0.05) is 20.8 Å². The predicted octanol–water partition coefficient (Wildman–Crippen LogP) is 2.27. The molecule has 0 fully saturated rings. The summed E-state index contributed by atoms with van der Waals surface area (Å²) in [4.78, 5) is 12.0.